The Labute approximate surface area is 93.5 Å². The van der Waals surface area contributed by atoms with Gasteiger partial charge in [0.15, 0.2) is 0 Å². The summed E-state index contributed by atoms with van der Waals surface area (Å²) in [6.07, 6.45) is 0.823. The first-order valence-corrected chi connectivity index (χ1v) is 5.63. The Morgan fingerprint density at radius 1 is 1.40 bits per heavy atom. The number of carbonyl (C=O) groups excluding carboxylic acids is 1. The van der Waals surface area contributed by atoms with Crippen molar-refractivity contribution in [3.05, 3.63) is 35.9 Å². The number of hydrogen-bond donors (Lipinski definition) is 1. The lowest BCUT2D eigenvalue weighted by atomic mass is 10.1. The number of amides is 1. The summed E-state index contributed by atoms with van der Waals surface area (Å²) in [4.78, 5) is 11.1. The molecule has 1 rings (SSSR count). The Hall–Kier alpha value is -1.47. The topological polar surface area (TPSA) is 52.9 Å². The third-order valence-corrected chi connectivity index (χ3v) is 2.38. The van der Waals surface area contributed by atoms with Gasteiger partial charge in [0.1, 0.15) is 5.40 Å². The van der Waals surface area contributed by atoms with Gasteiger partial charge in [-0.1, -0.05) is 30.3 Å². The van der Waals surface area contributed by atoms with Gasteiger partial charge in [-0.05, 0) is 23.7 Å². The van der Waals surface area contributed by atoms with E-state index in [9.17, 15) is 4.79 Å². The van der Waals surface area contributed by atoms with Crippen molar-refractivity contribution in [2.24, 2.45) is 0 Å². The lowest BCUT2D eigenvalue weighted by molar-refractivity contribution is -0.118. The minimum Gasteiger partial charge on any atom is -0.355 e. The van der Waals surface area contributed by atoms with Crippen LogP contribution in [-0.4, -0.2) is 18.2 Å². The first-order chi connectivity index (χ1) is 7.33. The number of nitrogens with zero attached hydrogens (tertiary/aromatic N) is 1. The van der Waals surface area contributed by atoms with Crippen molar-refractivity contribution < 1.29 is 4.79 Å². The highest BCUT2D eigenvalue weighted by Gasteiger charge is 1.99. The maximum Gasteiger partial charge on any atom is 0.231 e. The fraction of sp³-hybridized carbons (Fsp3) is 0.273. The van der Waals surface area contributed by atoms with Crippen molar-refractivity contribution >= 4 is 17.7 Å². The number of nitrogens with one attached hydrogen (secondary N) is 1. The van der Waals surface area contributed by atoms with Crippen LogP contribution >= 0.6 is 11.8 Å². The molecule has 1 aromatic carbocycles. The molecule has 0 saturated heterocycles. The largest absolute Gasteiger partial charge is 0.355 e. The summed E-state index contributed by atoms with van der Waals surface area (Å²) in [7, 11) is 0. The molecule has 0 unspecified atom stereocenters. The van der Waals surface area contributed by atoms with Crippen LogP contribution in [0.3, 0.4) is 0 Å². The average Bonchev–Trinajstić information content (AvgIpc) is 2.28. The third-order valence-electron chi connectivity index (χ3n) is 1.85. The van der Waals surface area contributed by atoms with Crippen LogP contribution in [0, 0.1) is 10.7 Å². The molecule has 0 aliphatic carbocycles. The fourth-order valence-corrected chi connectivity index (χ4v) is 1.44. The average molecular weight is 220 g/mol. The molecular formula is C11H12N2OS. The third kappa shape index (κ3) is 5.08. The van der Waals surface area contributed by atoms with Gasteiger partial charge in [0, 0.05) is 6.54 Å². The predicted octanol–water partition coefficient (Wildman–Crippen LogP) is 1.56. The van der Waals surface area contributed by atoms with E-state index in [-0.39, 0.29) is 11.7 Å². The zero-order valence-electron chi connectivity index (χ0n) is 8.27. The van der Waals surface area contributed by atoms with E-state index < -0.39 is 0 Å². The SMILES string of the molecule is N#CSCC(=O)NCCc1ccccc1. The van der Waals surface area contributed by atoms with Gasteiger partial charge >= 0.3 is 0 Å². The van der Waals surface area contributed by atoms with E-state index in [0.717, 1.165) is 18.2 Å². The van der Waals surface area contributed by atoms with E-state index in [1.807, 2.05) is 35.7 Å². The van der Waals surface area contributed by atoms with Gasteiger partial charge in [-0.3, -0.25) is 4.79 Å². The van der Waals surface area contributed by atoms with Gasteiger partial charge in [-0.25, -0.2) is 0 Å². The van der Waals surface area contributed by atoms with Crippen molar-refractivity contribution in [3.63, 3.8) is 0 Å². The van der Waals surface area contributed by atoms with Crippen LogP contribution < -0.4 is 5.32 Å². The molecule has 1 N–H and O–H groups in total. The molecule has 0 bridgehead atoms. The van der Waals surface area contributed by atoms with Crippen molar-refractivity contribution in [2.75, 3.05) is 12.3 Å². The van der Waals surface area contributed by atoms with E-state index in [1.165, 1.54) is 5.56 Å². The zero-order chi connectivity index (χ0) is 10.9. The summed E-state index contributed by atoms with van der Waals surface area (Å²) in [5.41, 5.74) is 1.20. The predicted molar refractivity (Wildman–Crippen MR) is 61.2 cm³/mol. The minimum absolute atomic E-state index is 0.0857. The normalized spacial score (nSPS) is 9.27. The molecule has 0 heterocycles. The van der Waals surface area contributed by atoms with Crippen LogP contribution in [0.15, 0.2) is 30.3 Å². The molecule has 0 saturated carbocycles. The van der Waals surface area contributed by atoms with Gasteiger partial charge in [-0.15, -0.1) is 0 Å². The number of thioether (sulfide) groups is 1. The standard InChI is InChI=1S/C11H12N2OS/c12-9-15-8-11(14)13-7-6-10-4-2-1-3-5-10/h1-5H,6-8H2,(H,13,14). The molecule has 0 fully saturated rings. The van der Waals surface area contributed by atoms with E-state index in [0.29, 0.717) is 6.54 Å². The number of carbonyl (C=O) groups is 1. The minimum atomic E-state index is -0.0857. The second-order valence-electron chi connectivity index (χ2n) is 2.97. The number of rotatable bonds is 5. The first kappa shape index (κ1) is 11.6. The Bertz CT molecular complexity index is 345. The number of nitriles is 1. The van der Waals surface area contributed by atoms with E-state index >= 15 is 0 Å². The maximum atomic E-state index is 11.1. The summed E-state index contributed by atoms with van der Waals surface area (Å²) >= 11 is 0.956. The summed E-state index contributed by atoms with van der Waals surface area (Å²) < 4.78 is 0. The van der Waals surface area contributed by atoms with Crippen molar-refractivity contribution in [2.45, 2.75) is 6.42 Å². The van der Waals surface area contributed by atoms with Gasteiger partial charge in [-0.2, -0.15) is 5.26 Å². The first-order valence-electron chi connectivity index (χ1n) is 4.64. The second-order valence-corrected chi connectivity index (χ2v) is 3.73. The fourth-order valence-electron chi connectivity index (χ4n) is 1.14. The molecular weight excluding hydrogens is 208 g/mol. The molecule has 15 heavy (non-hydrogen) atoms. The van der Waals surface area contributed by atoms with Crippen molar-refractivity contribution in [1.29, 1.82) is 5.26 Å². The van der Waals surface area contributed by atoms with Crippen LogP contribution in [0.1, 0.15) is 5.56 Å². The van der Waals surface area contributed by atoms with Gasteiger partial charge < -0.3 is 5.32 Å². The van der Waals surface area contributed by atoms with Crippen LogP contribution in [0.4, 0.5) is 0 Å². The van der Waals surface area contributed by atoms with Crippen molar-refractivity contribution in [1.82, 2.24) is 5.32 Å². The van der Waals surface area contributed by atoms with E-state index in [2.05, 4.69) is 5.32 Å². The Morgan fingerprint density at radius 3 is 2.80 bits per heavy atom. The lowest BCUT2D eigenvalue weighted by Crippen LogP contribution is -2.27. The molecule has 0 aromatic heterocycles. The quantitative estimate of drug-likeness (QED) is 0.766. The number of benzene rings is 1. The molecule has 4 heteroatoms. The highest BCUT2D eigenvalue weighted by molar-refractivity contribution is 8.04. The molecule has 0 aliphatic rings. The zero-order valence-corrected chi connectivity index (χ0v) is 9.09. The molecule has 1 aromatic rings. The molecule has 0 spiro atoms. The number of thiocyanates is 1. The van der Waals surface area contributed by atoms with Crippen LogP contribution in [0.2, 0.25) is 0 Å². The molecule has 0 radical (unpaired) electrons. The molecule has 1 amide bonds. The van der Waals surface area contributed by atoms with E-state index in [1.54, 1.807) is 0 Å². The van der Waals surface area contributed by atoms with Crippen LogP contribution in [-0.2, 0) is 11.2 Å². The second kappa shape index (κ2) is 6.91. The molecule has 3 nitrogen and oxygen atoms in total. The Morgan fingerprint density at radius 2 is 2.13 bits per heavy atom. The van der Waals surface area contributed by atoms with Crippen LogP contribution in [0.5, 0.6) is 0 Å². The van der Waals surface area contributed by atoms with E-state index in [4.69, 9.17) is 5.26 Å². The Kier molecular flexibility index (Phi) is 5.34. The summed E-state index contributed by atoms with van der Waals surface area (Å²) in [6, 6.07) is 9.96. The highest BCUT2D eigenvalue weighted by Crippen LogP contribution is 1.98. The summed E-state index contributed by atoms with van der Waals surface area (Å²) in [5, 5.41) is 12.9. The molecule has 0 atom stereocenters. The van der Waals surface area contributed by atoms with Gasteiger partial charge in [0.05, 0.1) is 5.75 Å². The molecule has 0 aliphatic heterocycles. The van der Waals surface area contributed by atoms with Gasteiger partial charge in [0.2, 0.25) is 5.91 Å². The summed E-state index contributed by atoms with van der Waals surface area (Å²) in [5.74, 6) is 0.128. The highest BCUT2D eigenvalue weighted by atomic mass is 32.2. The number of hydrogen-bond acceptors (Lipinski definition) is 3. The smallest absolute Gasteiger partial charge is 0.231 e. The maximum absolute atomic E-state index is 11.1. The molecule has 78 valence electrons. The van der Waals surface area contributed by atoms with Crippen molar-refractivity contribution in [3.8, 4) is 5.40 Å². The van der Waals surface area contributed by atoms with Gasteiger partial charge in [0.25, 0.3) is 0 Å². The monoisotopic (exact) mass is 220 g/mol. The summed E-state index contributed by atoms with van der Waals surface area (Å²) in [6.45, 7) is 0.620. The van der Waals surface area contributed by atoms with Crippen LogP contribution in [0.25, 0.3) is 0 Å². The Balaban J connectivity index is 2.17. The lowest BCUT2D eigenvalue weighted by Gasteiger charge is -2.03.